The molecule has 0 bridgehead atoms. The number of nitrogens with zero attached hydrogens (tertiary/aromatic N) is 5. The summed E-state index contributed by atoms with van der Waals surface area (Å²) in [6.07, 6.45) is 5.70. The second kappa shape index (κ2) is 5.44. The first-order chi connectivity index (χ1) is 10.6. The van der Waals surface area contributed by atoms with Crippen molar-refractivity contribution in [3.8, 4) is 11.3 Å². The molecule has 0 amide bonds. The number of aryl methyl sites for hydroxylation is 1. The van der Waals surface area contributed by atoms with Crippen molar-refractivity contribution >= 4 is 23.0 Å². The highest BCUT2D eigenvalue weighted by molar-refractivity contribution is 6.05. The van der Waals surface area contributed by atoms with Crippen LogP contribution in [0.15, 0.2) is 24.7 Å². The number of carbonyl (C=O) groups is 2. The minimum Gasteiger partial charge on any atom is -0.301 e. The van der Waals surface area contributed by atoms with Crippen molar-refractivity contribution in [3.05, 3.63) is 36.2 Å². The summed E-state index contributed by atoms with van der Waals surface area (Å²) in [5.41, 5.74) is 2.38. The molecule has 0 saturated carbocycles. The number of pyridine rings is 1. The molecule has 0 N–H and O–H groups in total. The van der Waals surface area contributed by atoms with Gasteiger partial charge in [-0.05, 0) is 13.0 Å². The maximum atomic E-state index is 11.8. The van der Waals surface area contributed by atoms with Crippen LogP contribution in [0.3, 0.4) is 0 Å². The summed E-state index contributed by atoms with van der Waals surface area (Å²) in [7, 11) is 0. The molecule has 110 valence electrons. The van der Waals surface area contributed by atoms with Gasteiger partial charge in [0.2, 0.25) is 0 Å². The summed E-state index contributed by atoms with van der Waals surface area (Å²) in [4.78, 5) is 35.1. The first-order valence-corrected chi connectivity index (χ1v) is 6.70. The molecule has 3 rings (SSSR count). The van der Waals surface area contributed by atoms with E-state index in [2.05, 4.69) is 20.1 Å². The molecule has 0 aliphatic heterocycles. The van der Waals surface area contributed by atoms with Gasteiger partial charge in [0.1, 0.15) is 17.8 Å². The molecule has 3 aromatic rings. The number of aldehydes is 1. The molecule has 0 spiro atoms. The van der Waals surface area contributed by atoms with Gasteiger partial charge in [0, 0.05) is 30.3 Å². The highest BCUT2D eigenvalue weighted by Crippen LogP contribution is 2.24. The van der Waals surface area contributed by atoms with E-state index in [0.29, 0.717) is 28.1 Å². The zero-order valence-electron chi connectivity index (χ0n) is 12.1. The molecule has 7 heteroatoms. The Morgan fingerprint density at radius 2 is 1.95 bits per heavy atom. The predicted molar refractivity (Wildman–Crippen MR) is 79.4 cm³/mol. The molecule has 0 atom stereocenters. The molecular weight excluding hydrogens is 282 g/mol. The number of fused-ring (bicyclic) bond motifs is 1. The van der Waals surface area contributed by atoms with E-state index in [1.807, 2.05) is 0 Å². The lowest BCUT2D eigenvalue weighted by atomic mass is 10.1. The van der Waals surface area contributed by atoms with Crippen molar-refractivity contribution < 1.29 is 9.59 Å². The van der Waals surface area contributed by atoms with Gasteiger partial charge in [0.25, 0.3) is 0 Å². The van der Waals surface area contributed by atoms with E-state index in [0.717, 1.165) is 11.8 Å². The zero-order chi connectivity index (χ0) is 15.7. The molecule has 0 aliphatic rings. The summed E-state index contributed by atoms with van der Waals surface area (Å²) < 4.78 is 1.47. The van der Waals surface area contributed by atoms with Crippen LogP contribution in [-0.4, -0.2) is 36.8 Å². The van der Waals surface area contributed by atoms with Crippen molar-refractivity contribution in [2.24, 2.45) is 0 Å². The highest BCUT2D eigenvalue weighted by Gasteiger charge is 2.15. The van der Waals surface area contributed by atoms with E-state index in [-0.39, 0.29) is 12.3 Å². The number of ketones is 1. The van der Waals surface area contributed by atoms with E-state index in [4.69, 9.17) is 0 Å². The maximum absolute atomic E-state index is 11.8. The van der Waals surface area contributed by atoms with E-state index < -0.39 is 0 Å². The summed E-state index contributed by atoms with van der Waals surface area (Å²) in [5.74, 6) is 0.514. The monoisotopic (exact) mass is 295 g/mol. The molecule has 22 heavy (non-hydrogen) atoms. The highest BCUT2D eigenvalue weighted by atomic mass is 16.1. The number of aromatic nitrogens is 5. The lowest BCUT2D eigenvalue weighted by Gasteiger charge is -2.02. The van der Waals surface area contributed by atoms with Gasteiger partial charge < -0.3 is 4.79 Å². The van der Waals surface area contributed by atoms with Crippen molar-refractivity contribution in [3.63, 3.8) is 0 Å². The molecular formula is C15H13N5O2. The van der Waals surface area contributed by atoms with Crippen LogP contribution in [-0.2, 0) is 11.3 Å². The Balaban J connectivity index is 2.19. The molecule has 0 radical (unpaired) electrons. The van der Waals surface area contributed by atoms with Gasteiger partial charge in [-0.2, -0.15) is 5.10 Å². The largest absolute Gasteiger partial charge is 0.301 e. The number of rotatable bonds is 4. The number of hydrogen-bond acceptors (Lipinski definition) is 6. The maximum Gasteiger partial charge on any atom is 0.180 e. The summed E-state index contributed by atoms with van der Waals surface area (Å²) in [6, 6.07) is 1.77. The SMILES string of the molecule is CC(=O)c1nn(CC=O)c2cnc(-c3cnc(C)nc3)cc12. The van der Waals surface area contributed by atoms with Crippen LogP contribution in [0.1, 0.15) is 23.2 Å². The lowest BCUT2D eigenvalue weighted by Crippen LogP contribution is -2.02. The van der Waals surface area contributed by atoms with E-state index >= 15 is 0 Å². The van der Waals surface area contributed by atoms with Gasteiger partial charge in [0.15, 0.2) is 5.78 Å². The Bertz CT molecular complexity index is 868. The second-order valence-electron chi connectivity index (χ2n) is 4.86. The van der Waals surface area contributed by atoms with Gasteiger partial charge >= 0.3 is 0 Å². The summed E-state index contributed by atoms with van der Waals surface area (Å²) in [6.45, 7) is 3.33. The zero-order valence-corrected chi connectivity index (χ0v) is 12.1. The summed E-state index contributed by atoms with van der Waals surface area (Å²) in [5, 5.41) is 4.86. The van der Waals surface area contributed by atoms with Gasteiger partial charge in [0.05, 0.1) is 24.0 Å². The van der Waals surface area contributed by atoms with Crippen LogP contribution >= 0.6 is 0 Å². The Morgan fingerprint density at radius 3 is 2.59 bits per heavy atom. The molecule has 0 fully saturated rings. The molecule has 3 heterocycles. The molecule has 0 aromatic carbocycles. The number of hydrogen-bond donors (Lipinski definition) is 0. The Morgan fingerprint density at radius 1 is 1.23 bits per heavy atom. The molecule has 0 unspecified atom stereocenters. The Kier molecular flexibility index (Phi) is 3.46. The number of carbonyl (C=O) groups excluding carboxylic acids is 2. The minimum atomic E-state index is -0.160. The quantitative estimate of drug-likeness (QED) is 0.536. The van der Waals surface area contributed by atoms with Gasteiger partial charge in [-0.15, -0.1) is 0 Å². The third-order valence-corrected chi connectivity index (χ3v) is 3.29. The third kappa shape index (κ3) is 2.37. The van der Waals surface area contributed by atoms with Crippen LogP contribution < -0.4 is 0 Å². The standard InChI is InChI=1S/C15H13N5O2/c1-9(22)15-12-5-13(11-6-16-10(2)17-7-11)18-8-14(12)20(19-15)3-4-21/h4-8H,3H2,1-2H3. The Hall–Kier alpha value is -2.96. The summed E-state index contributed by atoms with van der Waals surface area (Å²) >= 11 is 0. The van der Waals surface area contributed by atoms with E-state index in [1.165, 1.54) is 11.6 Å². The minimum absolute atomic E-state index is 0.0818. The molecule has 7 nitrogen and oxygen atoms in total. The molecule has 3 aromatic heterocycles. The fourth-order valence-corrected chi connectivity index (χ4v) is 2.22. The number of Topliss-reactive ketones (excluding diaryl/α,β-unsaturated/α-hetero) is 1. The fourth-order valence-electron chi connectivity index (χ4n) is 2.22. The smallest absolute Gasteiger partial charge is 0.180 e. The second-order valence-corrected chi connectivity index (χ2v) is 4.86. The van der Waals surface area contributed by atoms with Crippen LogP contribution in [0.25, 0.3) is 22.2 Å². The normalized spacial score (nSPS) is 10.8. The van der Waals surface area contributed by atoms with Crippen LogP contribution in [0, 0.1) is 6.92 Å². The predicted octanol–water partition coefficient (Wildman–Crippen LogP) is 1.60. The molecule has 0 saturated heterocycles. The van der Waals surface area contributed by atoms with Crippen molar-refractivity contribution in [1.29, 1.82) is 0 Å². The van der Waals surface area contributed by atoms with E-state index in [9.17, 15) is 9.59 Å². The van der Waals surface area contributed by atoms with Gasteiger partial charge in [-0.3, -0.25) is 14.5 Å². The average molecular weight is 295 g/mol. The van der Waals surface area contributed by atoms with E-state index in [1.54, 1.807) is 31.6 Å². The van der Waals surface area contributed by atoms with Crippen LogP contribution in [0.5, 0.6) is 0 Å². The van der Waals surface area contributed by atoms with Gasteiger partial charge in [-0.25, -0.2) is 9.97 Å². The van der Waals surface area contributed by atoms with Crippen LogP contribution in [0.2, 0.25) is 0 Å². The Labute approximate surface area is 126 Å². The van der Waals surface area contributed by atoms with Crippen molar-refractivity contribution in [2.75, 3.05) is 0 Å². The first-order valence-electron chi connectivity index (χ1n) is 6.70. The molecule has 0 aliphatic carbocycles. The van der Waals surface area contributed by atoms with Crippen molar-refractivity contribution in [2.45, 2.75) is 20.4 Å². The third-order valence-electron chi connectivity index (χ3n) is 3.29. The van der Waals surface area contributed by atoms with Gasteiger partial charge in [-0.1, -0.05) is 0 Å². The van der Waals surface area contributed by atoms with Crippen molar-refractivity contribution in [1.82, 2.24) is 24.7 Å². The van der Waals surface area contributed by atoms with Crippen LogP contribution in [0.4, 0.5) is 0 Å². The average Bonchev–Trinajstić information content (AvgIpc) is 2.87. The lowest BCUT2D eigenvalue weighted by molar-refractivity contribution is -0.108. The first kappa shape index (κ1) is 14.0. The fraction of sp³-hybridized carbons (Fsp3) is 0.200. The topological polar surface area (TPSA) is 90.6 Å².